The fourth-order valence-corrected chi connectivity index (χ4v) is 4.34. The zero-order chi connectivity index (χ0) is 17.2. The summed E-state index contributed by atoms with van der Waals surface area (Å²) in [6, 6.07) is 6.95. The molecule has 0 radical (unpaired) electrons. The van der Waals surface area contributed by atoms with E-state index in [1.165, 1.54) is 29.6 Å². The first-order chi connectivity index (χ1) is 12.3. The van der Waals surface area contributed by atoms with E-state index in [0.29, 0.717) is 17.1 Å². The first kappa shape index (κ1) is 15.8. The van der Waals surface area contributed by atoms with E-state index in [1.54, 1.807) is 42.7 Å². The number of amides is 1. The van der Waals surface area contributed by atoms with Crippen molar-refractivity contribution < 1.29 is 9.53 Å². The van der Waals surface area contributed by atoms with Gasteiger partial charge in [0, 0.05) is 10.4 Å². The highest BCUT2D eigenvalue weighted by atomic mass is 32.1. The predicted molar refractivity (Wildman–Crippen MR) is 98.1 cm³/mol. The Hall–Kier alpha value is -2.67. The van der Waals surface area contributed by atoms with Gasteiger partial charge in [0.2, 0.25) is 0 Å². The zero-order valence-electron chi connectivity index (χ0n) is 13.8. The summed E-state index contributed by atoms with van der Waals surface area (Å²) in [4.78, 5) is 23.4. The van der Waals surface area contributed by atoms with Gasteiger partial charge < -0.3 is 4.74 Å². The maximum absolute atomic E-state index is 12.3. The first-order valence-corrected chi connectivity index (χ1v) is 9.03. The van der Waals surface area contributed by atoms with Crippen molar-refractivity contribution in [1.29, 1.82) is 0 Å². The predicted octanol–water partition coefficient (Wildman–Crippen LogP) is 3.34. The lowest BCUT2D eigenvalue weighted by atomic mass is 9.97. The third kappa shape index (κ3) is 3.02. The number of thiophene rings is 1. The minimum atomic E-state index is -0.224. The molecule has 25 heavy (non-hydrogen) atoms. The number of hydrogen-bond acceptors (Lipinski definition) is 6. The average Bonchev–Trinajstić information content (AvgIpc) is 3.05. The number of hydrogen-bond donors (Lipinski definition) is 2. The van der Waals surface area contributed by atoms with Crippen molar-refractivity contribution in [2.24, 2.45) is 0 Å². The van der Waals surface area contributed by atoms with Crippen LogP contribution in [0.15, 0.2) is 30.6 Å². The Balaban J connectivity index is 1.56. The van der Waals surface area contributed by atoms with Gasteiger partial charge in [-0.15, -0.1) is 11.3 Å². The molecule has 0 spiro atoms. The second-order valence-corrected chi connectivity index (χ2v) is 7.00. The van der Waals surface area contributed by atoms with Gasteiger partial charge in [0.15, 0.2) is 5.82 Å². The molecule has 0 saturated heterocycles. The van der Waals surface area contributed by atoms with E-state index in [1.807, 2.05) is 0 Å². The minimum absolute atomic E-state index is 0.224. The summed E-state index contributed by atoms with van der Waals surface area (Å²) in [5.41, 5.74) is 7.58. The van der Waals surface area contributed by atoms with Crippen LogP contribution in [0.25, 0.3) is 10.2 Å². The normalized spacial score (nSPS) is 13.3. The number of aromatic nitrogens is 2. The maximum atomic E-state index is 12.3. The molecule has 2 aromatic heterocycles. The Bertz CT molecular complexity index is 921. The summed E-state index contributed by atoms with van der Waals surface area (Å²) >= 11 is 1.73. The number of rotatable bonds is 4. The quantitative estimate of drug-likeness (QED) is 0.703. The third-order valence-electron chi connectivity index (χ3n) is 4.40. The SMILES string of the molecule is COc1ccc(C(=O)NNc2ncnc3sc4c(c23)CCCC4)cc1. The van der Waals surface area contributed by atoms with Gasteiger partial charge in [-0.3, -0.25) is 15.6 Å². The largest absolute Gasteiger partial charge is 0.497 e. The molecule has 1 aliphatic rings. The minimum Gasteiger partial charge on any atom is -0.497 e. The number of nitrogens with one attached hydrogen (secondary N) is 2. The Morgan fingerprint density at radius 2 is 1.96 bits per heavy atom. The van der Waals surface area contributed by atoms with Gasteiger partial charge in [0.05, 0.1) is 12.5 Å². The monoisotopic (exact) mass is 354 g/mol. The van der Waals surface area contributed by atoms with E-state index in [0.717, 1.165) is 23.1 Å². The second-order valence-electron chi connectivity index (χ2n) is 5.92. The summed E-state index contributed by atoms with van der Waals surface area (Å²) < 4.78 is 5.11. The lowest BCUT2D eigenvalue weighted by Gasteiger charge is -2.13. The summed E-state index contributed by atoms with van der Waals surface area (Å²) in [5.74, 6) is 1.15. The van der Waals surface area contributed by atoms with Gasteiger partial charge in [-0.05, 0) is 55.5 Å². The average molecular weight is 354 g/mol. The van der Waals surface area contributed by atoms with Crippen LogP contribution in [0.3, 0.4) is 0 Å². The Kier molecular flexibility index (Phi) is 4.23. The van der Waals surface area contributed by atoms with Crippen molar-refractivity contribution in [3.63, 3.8) is 0 Å². The lowest BCUT2D eigenvalue weighted by Crippen LogP contribution is -2.30. The zero-order valence-corrected chi connectivity index (χ0v) is 14.7. The van der Waals surface area contributed by atoms with Crippen LogP contribution in [0.2, 0.25) is 0 Å². The van der Waals surface area contributed by atoms with Crippen molar-refractivity contribution in [3.8, 4) is 5.75 Å². The van der Waals surface area contributed by atoms with E-state index in [-0.39, 0.29) is 5.91 Å². The Morgan fingerprint density at radius 3 is 2.76 bits per heavy atom. The Morgan fingerprint density at radius 1 is 1.16 bits per heavy atom. The molecule has 0 unspecified atom stereocenters. The molecule has 3 aromatic rings. The number of methoxy groups -OCH3 is 1. The van der Waals surface area contributed by atoms with Crippen LogP contribution in [0.5, 0.6) is 5.75 Å². The summed E-state index contributed by atoms with van der Waals surface area (Å²) in [6.07, 6.45) is 6.10. The topological polar surface area (TPSA) is 76.1 Å². The third-order valence-corrected chi connectivity index (χ3v) is 5.60. The highest BCUT2D eigenvalue weighted by Crippen LogP contribution is 2.37. The lowest BCUT2D eigenvalue weighted by molar-refractivity contribution is 0.0962. The van der Waals surface area contributed by atoms with E-state index in [9.17, 15) is 4.79 Å². The van der Waals surface area contributed by atoms with Crippen molar-refractivity contribution in [2.45, 2.75) is 25.7 Å². The Labute approximate surface area is 149 Å². The number of carbonyl (C=O) groups excluding carboxylic acids is 1. The van der Waals surface area contributed by atoms with Crippen molar-refractivity contribution >= 4 is 33.3 Å². The first-order valence-electron chi connectivity index (χ1n) is 8.22. The number of aryl methyl sites for hydroxylation is 2. The molecule has 7 heteroatoms. The molecule has 6 nitrogen and oxygen atoms in total. The van der Waals surface area contributed by atoms with Crippen LogP contribution in [-0.4, -0.2) is 23.0 Å². The van der Waals surface area contributed by atoms with E-state index >= 15 is 0 Å². The highest BCUT2D eigenvalue weighted by molar-refractivity contribution is 7.19. The van der Waals surface area contributed by atoms with Gasteiger partial charge in [0.25, 0.3) is 5.91 Å². The molecule has 0 saturated carbocycles. The number of benzene rings is 1. The van der Waals surface area contributed by atoms with Crippen LogP contribution in [-0.2, 0) is 12.8 Å². The van der Waals surface area contributed by atoms with Crippen LogP contribution in [0.1, 0.15) is 33.6 Å². The van der Waals surface area contributed by atoms with Crippen LogP contribution in [0.4, 0.5) is 5.82 Å². The van der Waals surface area contributed by atoms with Crippen molar-refractivity contribution in [3.05, 3.63) is 46.6 Å². The molecule has 1 aromatic carbocycles. The van der Waals surface area contributed by atoms with Crippen LogP contribution in [0, 0.1) is 0 Å². The molecular formula is C18H18N4O2S. The standard InChI is InChI=1S/C18H18N4O2S/c1-24-12-8-6-11(7-9-12)17(23)22-21-16-15-13-4-2-3-5-14(13)25-18(15)20-10-19-16/h6-10H,2-5H2,1H3,(H,22,23)(H,19,20,21). The molecule has 1 amide bonds. The molecular weight excluding hydrogens is 336 g/mol. The molecule has 0 bridgehead atoms. The van der Waals surface area contributed by atoms with E-state index < -0.39 is 0 Å². The molecule has 4 rings (SSSR count). The molecule has 2 heterocycles. The van der Waals surface area contributed by atoms with Gasteiger partial charge in [-0.1, -0.05) is 0 Å². The molecule has 128 valence electrons. The molecule has 0 atom stereocenters. The molecule has 0 fully saturated rings. The highest BCUT2D eigenvalue weighted by Gasteiger charge is 2.20. The fourth-order valence-electron chi connectivity index (χ4n) is 3.12. The molecule has 1 aliphatic carbocycles. The van der Waals surface area contributed by atoms with Crippen molar-refractivity contribution in [2.75, 3.05) is 12.5 Å². The van der Waals surface area contributed by atoms with Crippen LogP contribution >= 0.6 is 11.3 Å². The summed E-state index contributed by atoms with van der Waals surface area (Å²) in [6.45, 7) is 0. The summed E-state index contributed by atoms with van der Waals surface area (Å²) in [5, 5.41) is 1.04. The number of hydrazine groups is 1. The molecule has 0 aliphatic heterocycles. The van der Waals surface area contributed by atoms with E-state index in [2.05, 4.69) is 20.8 Å². The van der Waals surface area contributed by atoms with Crippen molar-refractivity contribution in [1.82, 2.24) is 15.4 Å². The van der Waals surface area contributed by atoms with Gasteiger partial charge >= 0.3 is 0 Å². The number of carbonyl (C=O) groups is 1. The number of nitrogens with zero attached hydrogens (tertiary/aromatic N) is 2. The van der Waals surface area contributed by atoms with E-state index in [4.69, 9.17) is 4.74 Å². The van der Waals surface area contributed by atoms with Gasteiger partial charge in [-0.25, -0.2) is 9.97 Å². The number of anilines is 1. The fraction of sp³-hybridized carbons (Fsp3) is 0.278. The number of fused-ring (bicyclic) bond motifs is 3. The van der Waals surface area contributed by atoms with Gasteiger partial charge in [-0.2, -0.15) is 0 Å². The maximum Gasteiger partial charge on any atom is 0.269 e. The van der Waals surface area contributed by atoms with Gasteiger partial charge in [0.1, 0.15) is 16.9 Å². The number of ether oxygens (including phenoxy) is 1. The van der Waals surface area contributed by atoms with Crippen LogP contribution < -0.4 is 15.6 Å². The second kappa shape index (κ2) is 6.68. The summed E-state index contributed by atoms with van der Waals surface area (Å²) in [7, 11) is 1.60. The smallest absolute Gasteiger partial charge is 0.269 e. The molecule has 2 N–H and O–H groups in total.